The van der Waals surface area contributed by atoms with Gasteiger partial charge in [0.05, 0.1) is 0 Å². The molecule has 0 spiro atoms. The minimum absolute atomic E-state index is 0.0213. The van der Waals surface area contributed by atoms with Crippen molar-refractivity contribution in [1.82, 2.24) is 4.90 Å². The highest BCUT2D eigenvalue weighted by atomic mass is 16.5. The van der Waals surface area contributed by atoms with Crippen molar-refractivity contribution in [3.63, 3.8) is 0 Å². The first-order chi connectivity index (χ1) is 12.4. The molecule has 1 amide bonds. The first-order valence-corrected chi connectivity index (χ1v) is 8.62. The number of ether oxygens (including phenoxy) is 1. The average Bonchev–Trinajstić information content (AvgIpc) is 2.64. The van der Waals surface area contributed by atoms with Gasteiger partial charge in [-0.25, -0.2) is 0 Å². The molecular weight excluding hydrogens is 326 g/mol. The summed E-state index contributed by atoms with van der Waals surface area (Å²) in [6, 6.07) is 15.0. The Morgan fingerprint density at radius 3 is 2.15 bits per heavy atom. The van der Waals surface area contributed by atoms with E-state index < -0.39 is 0 Å². The monoisotopic (exact) mass is 351 g/mol. The Morgan fingerprint density at radius 2 is 1.62 bits per heavy atom. The van der Waals surface area contributed by atoms with Gasteiger partial charge in [0.25, 0.3) is 5.91 Å². The zero-order valence-corrected chi connectivity index (χ0v) is 15.7. The molecule has 0 aliphatic heterocycles. The molecule has 0 saturated heterocycles. The van der Waals surface area contributed by atoms with Crippen LogP contribution in [0.2, 0.25) is 0 Å². The van der Waals surface area contributed by atoms with Gasteiger partial charge in [0.2, 0.25) is 0 Å². The van der Waals surface area contributed by atoms with Crippen LogP contribution < -0.4 is 4.74 Å². The van der Waals surface area contributed by atoms with E-state index in [2.05, 4.69) is 26.0 Å². The van der Waals surface area contributed by atoms with Crippen molar-refractivity contribution in [2.24, 2.45) is 0 Å². The fourth-order valence-corrected chi connectivity index (χ4v) is 2.25. The Balaban J connectivity index is 1.95. The topological polar surface area (TPSA) is 46.6 Å². The Hall–Kier alpha value is -2.88. The summed E-state index contributed by atoms with van der Waals surface area (Å²) in [5.74, 6) is 0.860. The van der Waals surface area contributed by atoms with Crippen molar-refractivity contribution >= 4 is 17.8 Å². The molecule has 0 heterocycles. The molecule has 0 saturated carbocycles. The van der Waals surface area contributed by atoms with Gasteiger partial charge in [-0.2, -0.15) is 0 Å². The number of hydrogen-bond donors (Lipinski definition) is 0. The van der Waals surface area contributed by atoms with E-state index in [0.29, 0.717) is 17.2 Å². The van der Waals surface area contributed by atoms with Gasteiger partial charge < -0.3 is 9.64 Å². The molecule has 4 nitrogen and oxygen atoms in total. The molecule has 26 heavy (non-hydrogen) atoms. The second-order valence-corrected chi connectivity index (χ2v) is 6.62. The van der Waals surface area contributed by atoms with Crippen molar-refractivity contribution in [2.45, 2.75) is 19.8 Å². The Kier molecular flexibility index (Phi) is 6.73. The molecule has 0 N–H and O–H groups in total. The quantitative estimate of drug-likeness (QED) is 0.555. The van der Waals surface area contributed by atoms with Crippen LogP contribution in [0.5, 0.6) is 5.75 Å². The maximum absolute atomic E-state index is 12.3. The second-order valence-electron chi connectivity index (χ2n) is 6.62. The maximum atomic E-state index is 12.3. The van der Waals surface area contributed by atoms with Gasteiger partial charge in [-0.05, 0) is 47.4 Å². The van der Waals surface area contributed by atoms with Crippen LogP contribution in [-0.4, -0.2) is 37.3 Å². The van der Waals surface area contributed by atoms with Crippen LogP contribution in [0.15, 0.2) is 54.6 Å². The number of likely N-dealkylation sites (N-methyl/N-ethyl adjacent to an activating group) is 1. The van der Waals surface area contributed by atoms with Gasteiger partial charge in [-0.1, -0.05) is 44.2 Å². The first kappa shape index (κ1) is 19.4. The van der Waals surface area contributed by atoms with Crippen LogP contribution in [0.3, 0.4) is 0 Å². The van der Waals surface area contributed by atoms with Gasteiger partial charge in [0, 0.05) is 19.7 Å². The molecule has 2 rings (SSSR count). The molecule has 0 radical (unpaired) electrons. The van der Waals surface area contributed by atoms with E-state index >= 15 is 0 Å². The van der Waals surface area contributed by atoms with Gasteiger partial charge in [-0.15, -0.1) is 0 Å². The molecule has 0 bridgehead atoms. The molecule has 136 valence electrons. The zero-order chi connectivity index (χ0) is 19.1. The number of carbonyl (C=O) groups excluding carboxylic acids is 2. The van der Waals surface area contributed by atoms with Gasteiger partial charge >= 0.3 is 0 Å². The molecular formula is C22H25NO3. The highest BCUT2D eigenvalue weighted by molar-refractivity contribution is 6.06. The average molecular weight is 351 g/mol. The summed E-state index contributed by atoms with van der Waals surface area (Å²) < 4.78 is 5.40. The standard InChI is InChI=1S/C22H25NO3/c1-16(2)18-8-5-17(6-9-18)7-14-21(24)19-10-12-20(13-11-19)26-15-22(25)23(3)4/h5-14,16H,15H2,1-4H3/b14-7+. The predicted octanol–water partition coefficient (Wildman–Crippen LogP) is 4.17. The number of rotatable bonds is 7. The molecule has 0 aliphatic carbocycles. The van der Waals surface area contributed by atoms with Crippen LogP contribution in [-0.2, 0) is 4.79 Å². The van der Waals surface area contributed by atoms with E-state index in [1.54, 1.807) is 44.4 Å². The van der Waals surface area contributed by atoms with Crippen molar-refractivity contribution in [3.05, 3.63) is 71.3 Å². The van der Waals surface area contributed by atoms with Crippen molar-refractivity contribution in [2.75, 3.05) is 20.7 Å². The number of amides is 1. The third-order valence-electron chi connectivity index (χ3n) is 4.03. The molecule has 0 atom stereocenters. The van der Waals surface area contributed by atoms with E-state index in [1.807, 2.05) is 18.2 Å². The Morgan fingerprint density at radius 1 is 1.00 bits per heavy atom. The van der Waals surface area contributed by atoms with Gasteiger partial charge in [0.1, 0.15) is 5.75 Å². The lowest BCUT2D eigenvalue weighted by Gasteiger charge is -2.11. The van der Waals surface area contributed by atoms with Crippen LogP contribution in [0.25, 0.3) is 6.08 Å². The number of allylic oxidation sites excluding steroid dienone is 1. The smallest absolute Gasteiger partial charge is 0.259 e. The summed E-state index contributed by atoms with van der Waals surface area (Å²) >= 11 is 0. The van der Waals surface area contributed by atoms with Crippen LogP contribution in [0.1, 0.15) is 41.3 Å². The molecule has 0 aromatic heterocycles. The molecule has 0 fully saturated rings. The van der Waals surface area contributed by atoms with E-state index in [-0.39, 0.29) is 18.3 Å². The summed E-state index contributed by atoms with van der Waals surface area (Å²) in [6.07, 6.45) is 3.38. The second kappa shape index (κ2) is 8.99. The minimum Gasteiger partial charge on any atom is -0.484 e. The van der Waals surface area contributed by atoms with Gasteiger partial charge in [0.15, 0.2) is 12.4 Å². The number of benzene rings is 2. The largest absolute Gasteiger partial charge is 0.484 e. The number of hydrogen-bond acceptors (Lipinski definition) is 3. The molecule has 2 aromatic carbocycles. The third kappa shape index (κ3) is 5.59. The number of carbonyl (C=O) groups is 2. The lowest BCUT2D eigenvalue weighted by atomic mass is 10.0. The van der Waals surface area contributed by atoms with Crippen molar-refractivity contribution < 1.29 is 14.3 Å². The highest BCUT2D eigenvalue weighted by Gasteiger charge is 2.06. The van der Waals surface area contributed by atoms with Gasteiger partial charge in [-0.3, -0.25) is 9.59 Å². The highest BCUT2D eigenvalue weighted by Crippen LogP contribution is 2.16. The lowest BCUT2D eigenvalue weighted by Crippen LogP contribution is -2.27. The molecule has 0 aliphatic rings. The third-order valence-corrected chi connectivity index (χ3v) is 4.03. The van der Waals surface area contributed by atoms with E-state index in [0.717, 1.165) is 5.56 Å². The van der Waals surface area contributed by atoms with Crippen molar-refractivity contribution in [1.29, 1.82) is 0 Å². The summed E-state index contributed by atoms with van der Waals surface area (Å²) in [7, 11) is 3.35. The summed E-state index contributed by atoms with van der Waals surface area (Å²) in [5, 5.41) is 0. The van der Waals surface area contributed by atoms with E-state index in [1.165, 1.54) is 10.5 Å². The Labute approximate surface area is 155 Å². The fraction of sp³-hybridized carbons (Fsp3) is 0.273. The molecule has 0 unspecified atom stereocenters. The normalized spacial score (nSPS) is 11.0. The van der Waals surface area contributed by atoms with Crippen LogP contribution in [0, 0.1) is 0 Å². The SMILES string of the molecule is CC(C)c1ccc(/C=C/C(=O)c2ccc(OCC(=O)N(C)C)cc2)cc1. The minimum atomic E-state index is -0.114. The number of ketones is 1. The molecule has 2 aromatic rings. The van der Waals surface area contributed by atoms with E-state index in [4.69, 9.17) is 4.74 Å². The van der Waals surface area contributed by atoms with Crippen molar-refractivity contribution in [3.8, 4) is 5.75 Å². The predicted molar refractivity (Wildman–Crippen MR) is 105 cm³/mol. The number of nitrogens with zero attached hydrogens (tertiary/aromatic N) is 1. The van der Waals surface area contributed by atoms with E-state index in [9.17, 15) is 9.59 Å². The summed E-state index contributed by atoms with van der Waals surface area (Å²) in [5.41, 5.74) is 2.84. The van der Waals surface area contributed by atoms with Crippen LogP contribution in [0.4, 0.5) is 0 Å². The zero-order valence-electron chi connectivity index (χ0n) is 15.7. The first-order valence-electron chi connectivity index (χ1n) is 8.62. The summed E-state index contributed by atoms with van der Waals surface area (Å²) in [6.45, 7) is 4.28. The maximum Gasteiger partial charge on any atom is 0.259 e. The lowest BCUT2D eigenvalue weighted by molar-refractivity contribution is -0.130. The van der Waals surface area contributed by atoms with Crippen LogP contribution >= 0.6 is 0 Å². The fourth-order valence-electron chi connectivity index (χ4n) is 2.25. The Bertz CT molecular complexity index is 772. The summed E-state index contributed by atoms with van der Waals surface area (Å²) in [4.78, 5) is 25.2. The molecule has 4 heteroatoms.